The quantitative estimate of drug-likeness (QED) is 0.0266. The normalized spacial score (nSPS) is 17.3. The van der Waals surface area contributed by atoms with Gasteiger partial charge in [-0.1, -0.05) is 362 Å². The molecule has 0 saturated heterocycles. The largest absolute Gasteiger partial charge is 0.465 e. The molecule has 12 atom stereocenters. The Labute approximate surface area is 866 Å². The fourth-order valence-electron chi connectivity index (χ4n) is 19.5. The Hall–Kier alpha value is -6.16. The molecule has 6 aromatic carbocycles. The van der Waals surface area contributed by atoms with E-state index in [2.05, 4.69) is 308 Å². The van der Waals surface area contributed by atoms with Gasteiger partial charge in [0.15, 0.2) is 25.2 Å². The van der Waals surface area contributed by atoms with E-state index in [0.29, 0.717) is 128 Å². The standard InChI is InChI=1S/C27H46O3.C27H46O2.C21H34O2.C20H32O2.C17H28O2.C16H26O2/c1-7-22(6)23-13-15-25(16-14-23)30-27(19-26(20(2)3)21(4)5)29-18-17-28-24-11-9-8-10-12-24;1-7-22(6)24-13-15-25(16-14-24)29-27(19-26(20(2)3)21(4)5)28-18-17-23-11-9-8-10-12-23;1-5-17(4)18-11-13-20(14-12-18)23-21(15-16(2)3)22-19-9-7-6-8-10-19;1-4-16(3)18-11-13-19(14-12-18)22-20(21-5-2)15-17-9-7-6-8-10-17;1-7-13(3)14-9-11-15(12-10-14)19-16(18-8-2)17(4,5)6;1-6-13(5)14-8-10-15(11-9-14)18-16(12(3)4)17-7-2/h13-16,20-22,24,26-27H,7-12,17-19H2,1-6H3;13-16,20-23,26-27H,7-12,17-19H2,1-6H3;11-14,16-17,19,21H,5-10,15H2,1-4H3;11-14,16-17,20H,4-10,15H2,1-3H3;9-13,16H,7-8H2,1-6H3;8-13,16H,6-7H2,1-5H3. The molecule has 141 heavy (non-hydrogen) atoms. The second-order valence-electron chi connectivity index (χ2n) is 45.1. The zero-order valence-corrected chi connectivity index (χ0v) is 95.7. The zero-order chi connectivity index (χ0) is 104. The lowest BCUT2D eigenvalue weighted by Crippen LogP contribution is -2.34. The highest BCUT2D eigenvalue weighted by Crippen LogP contribution is 2.38. The predicted octanol–water partition coefficient (Wildman–Crippen LogP) is 37.6. The lowest BCUT2D eigenvalue weighted by molar-refractivity contribution is -0.137. The Morgan fingerprint density at radius 1 is 0.262 bits per heavy atom. The van der Waals surface area contributed by atoms with Gasteiger partial charge in [-0.15, -0.1) is 0 Å². The summed E-state index contributed by atoms with van der Waals surface area (Å²) in [6.07, 6.45) is 38.3. The van der Waals surface area contributed by atoms with Crippen LogP contribution in [0.4, 0.5) is 0 Å². The number of benzene rings is 6. The van der Waals surface area contributed by atoms with Gasteiger partial charge in [0.1, 0.15) is 34.5 Å². The van der Waals surface area contributed by atoms with Crippen molar-refractivity contribution < 1.29 is 61.6 Å². The average Bonchev–Trinajstić information content (AvgIpc) is 0.852. The molecule has 12 unspecified atom stereocenters. The van der Waals surface area contributed by atoms with E-state index in [1.807, 2.05) is 45.0 Å². The van der Waals surface area contributed by atoms with Crippen molar-refractivity contribution >= 4 is 0 Å². The van der Waals surface area contributed by atoms with Crippen LogP contribution in [0.5, 0.6) is 34.5 Å². The molecule has 6 aromatic rings. The Kier molecular flexibility index (Phi) is 63.5. The number of hydrogen-bond donors (Lipinski definition) is 0. The minimum absolute atomic E-state index is 0.0363. The molecule has 4 fully saturated rings. The molecular formula is C128H212O13. The minimum Gasteiger partial charge on any atom is -0.465 e. The molecule has 13 nitrogen and oxygen atoms in total. The smallest absolute Gasteiger partial charge is 0.204 e. The third kappa shape index (κ3) is 50.9. The van der Waals surface area contributed by atoms with Crippen LogP contribution in [-0.2, 0) is 33.2 Å². The van der Waals surface area contributed by atoms with Crippen LogP contribution in [0, 0.1) is 64.6 Å². The molecule has 0 amide bonds. The van der Waals surface area contributed by atoms with Crippen molar-refractivity contribution in [2.24, 2.45) is 64.6 Å². The second kappa shape index (κ2) is 71.4. The van der Waals surface area contributed by atoms with E-state index in [0.717, 1.165) is 104 Å². The average molecular weight is 1960 g/mol. The Morgan fingerprint density at radius 3 is 0.858 bits per heavy atom. The minimum atomic E-state index is -0.232. The third-order valence-corrected chi connectivity index (χ3v) is 30.2. The van der Waals surface area contributed by atoms with E-state index >= 15 is 0 Å². The van der Waals surface area contributed by atoms with Gasteiger partial charge in [0, 0.05) is 56.8 Å². The first-order valence-corrected chi connectivity index (χ1v) is 57.5. The van der Waals surface area contributed by atoms with Gasteiger partial charge in [-0.2, -0.15) is 0 Å². The summed E-state index contributed by atoms with van der Waals surface area (Å²) in [4.78, 5) is 0. The summed E-state index contributed by atoms with van der Waals surface area (Å²) in [6.45, 7) is 70.6. The molecule has 0 spiro atoms. The van der Waals surface area contributed by atoms with Crippen molar-refractivity contribution in [1.82, 2.24) is 0 Å². The Bertz CT molecular complexity index is 3940. The highest BCUT2D eigenvalue weighted by Gasteiger charge is 2.31. The number of ether oxygens (including phenoxy) is 13. The molecule has 0 aliphatic heterocycles. The highest BCUT2D eigenvalue weighted by atomic mass is 16.7. The summed E-state index contributed by atoms with van der Waals surface area (Å²) < 4.78 is 78.8. The molecule has 0 radical (unpaired) electrons. The van der Waals surface area contributed by atoms with Crippen LogP contribution in [0.2, 0.25) is 0 Å². The Balaban J connectivity index is 0.000000301. The van der Waals surface area contributed by atoms with Crippen molar-refractivity contribution in [3.8, 4) is 34.5 Å². The van der Waals surface area contributed by atoms with Crippen LogP contribution >= 0.6 is 0 Å². The monoisotopic (exact) mass is 1960 g/mol. The molecule has 802 valence electrons. The second-order valence-corrected chi connectivity index (χ2v) is 45.1. The van der Waals surface area contributed by atoms with Crippen LogP contribution < -0.4 is 28.4 Å². The predicted molar refractivity (Wildman–Crippen MR) is 597 cm³/mol. The summed E-state index contributed by atoms with van der Waals surface area (Å²) >= 11 is 0. The SMILES string of the molecule is CCC(C)c1ccc(OC(CC(C(C)C)C(C)C)OCCC2CCCCC2)cc1.CCC(C)c1ccc(OC(CC(C(C)C)C(C)C)OCCOC2CCCCC2)cc1.CCC(C)c1ccc(OC(CC(C)C)OC2CCCCC2)cc1.CCOC(CC1CCCCC1)Oc1ccc(C(C)CC)cc1.CCOC(Oc1ccc(C(C)CC)cc1)C(C)(C)C.CCOC(Oc1ccc(C(C)CC)cc1)C(C)C. The fraction of sp³-hybridized carbons (Fsp3) is 0.719. The van der Waals surface area contributed by atoms with Gasteiger partial charge in [-0.3, -0.25) is 0 Å². The van der Waals surface area contributed by atoms with Gasteiger partial charge < -0.3 is 61.6 Å². The molecule has 0 bridgehead atoms. The van der Waals surface area contributed by atoms with E-state index in [4.69, 9.17) is 61.6 Å². The molecular weight excluding hydrogens is 1750 g/mol. The van der Waals surface area contributed by atoms with E-state index < -0.39 is 0 Å². The first kappa shape index (κ1) is 125. The van der Waals surface area contributed by atoms with E-state index in [1.54, 1.807) is 0 Å². The topological polar surface area (TPSA) is 120 Å². The summed E-state index contributed by atoms with van der Waals surface area (Å²) in [5, 5.41) is 0. The molecule has 0 N–H and O–H groups in total. The number of hydrogen-bond acceptors (Lipinski definition) is 13. The van der Waals surface area contributed by atoms with Gasteiger partial charge in [-0.25, -0.2) is 0 Å². The van der Waals surface area contributed by atoms with Crippen molar-refractivity contribution in [3.05, 3.63) is 179 Å². The highest BCUT2D eigenvalue weighted by molar-refractivity contribution is 5.34. The maximum absolute atomic E-state index is 6.38. The summed E-state index contributed by atoms with van der Waals surface area (Å²) in [5.74, 6) is 15.2. The van der Waals surface area contributed by atoms with Crippen LogP contribution in [0.15, 0.2) is 146 Å². The molecule has 4 aliphatic rings. The van der Waals surface area contributed by atoms with E-state index in [1.165, 1.54) is 181 Å². The first-order valence-electron chi connectivity index (χ1n) is 57.5. The zero-order valence-electron chi connectivity index (χ0n) is 95.7. The molecule has 0 aromatic heterocycles. The van der Waals surface area contributed by atoms with Gasteiger partial charge in [-0.05, 0) is 286 Å². The van der Waals surface area contributed by atoms with Crippen molar-refractivity contribution in [2.45, 2.75) is 492 Å². The maximum Gasteiger partial charge on any atom is 0.204 e. The summed E-state index contributed by atoms with van der Waals surface area (Å²) in [6, 6.07) is 51.1. The van der Waals surface area contributed by atoms with Crippen LogP contribution in [0.3, 0.4) is 0 Å². The van der Waals surface area contributed by atoms with Gasteiger partial charge in [0.25, 0.3) is 0 Å². The van der Waals surface area contributed by atoms with Crippen LogP contribution in [0.25, 0.3) is 0 Å². The van der Waals surface area contributed by atoms with Gasteiger partial charge in [0.2, 0.25) is 12.6 Å². The molecule has 4 saturated carbocycles. The fourth-order valence-corrected chi connectivity index (χ4v) is 19.5. The lowest BCUT2D eigenvalue weighted by Gasteiger charge is -2.30. The summed E-state index contributed by atoms with van der Waals surface area (Å²) in [5.41, 5.74) is 8.21. The van der Waals surface area contributed by atoms with Crippen LogP contribution in [0.1, 0.15) is 476 Å². The molecule has 4 aliphatic carbocycles. The summed E-state index contributed by atoms with van der Waals surface area (Å²) in [7, 11) is 0. The van der Waals surface area contributed by atoms with Crippen molar-refractivity contribution in [1.29, 1.82) is 0 Å². The number of rotatable bonds is 54. The molecule has 10 rings (SSSR count). The molecule has 0 heterocycles. The van der Waals surface area contributed by atoms with Crippen molar-refractivity contribution in [3.63, 3.8) is 0 Å². The lowest BCUT2D eigenvalue weighted by atomic mass is 9.83. The van der Waals surface area contributed by atoms with Gasteiger partial charge >= 0.3 is 0 Å². The van der Waals surface area contributed by atoms with Gasteiger partial charge in [0.05, 0.1) is 32.0 Å². The van der Waals surface area contributed by atoms with Crippen molar-refractivity contribution in [2.75, 3.05) is 39.6 Å². The van der Waals surface area contributed by atoms with Crippen LogP contribution in [-0.4, -0.2) is 89.6 Å². The van der Waals surface area contributed by atoms with E-state index in [-0.39, 0.29) is 43.2 Å². The third-order valence-electron chi connectivity index (χ3n) is 30.2. The maximum atomic E-state index is 6.38. The molecule has 13 heteroatoms. The van der Waals surface area contributed by atoms with E-state index in [9.17, 15) is 0 Å². The first-order chi connectivity index (χ1) is 67.6. The Morgan fingerprint density at radius 2 is 0.553 bits per heavy atom.